The fourth-order valence-corrected chi connectivity index (χ4v) is 18.4. The number of halogens is 2. The quantitative estimate of drug-likeness (QED) is 0.0635. The smallest absolute Gasteiger partial charge is 0.282 e. The summed E-state index contributed by atoms with van der Waals surface area (Å²) in [6, 6.07) is 4.78. The van der Waals surface area contributed by atoms with E-state index in [2.05, 4.69) is 0 Å². The normalized spacial score (nSPS) is 13.7. The largest absolute Gasteiger partial charge is 0.297 e. The molecule has 0 aliphatic heterocycles. The standard InChI is InChI=1S/C36H24F2O26S10/c37-25-7-3-21(15-31(25)69(47,48)49)65(39,40)23-5-11-29(35(17-23)73(59,60)61)67(43,44)27-9-1-19(13-33(27)71(53,54)55)20-2-10-28(34(14-20)72(56,57)58)68(45,46)30-12-6-24(18-36(30)74(62,63)64)66(41,42)22-4-8-26(38)32(16-22)70(50,51)52/h1-18H,(H,47,48,49)(H,50,51,52)(H,53,54,55)(H,56,57,58)(H,59,60,61)(H,62,63,64). The summed E-state index contributed by atoms with van der Waals surface area (Å²) in [5.41, 5.74) is -1.42. The molecule has 0 spiro atoms. The van der Waals surface area contributed by atoms with Gasteiger partial charge in [-0.2, -0.15) is 50.5 Å². The zero-order chi connectivity index (χ0) is 56.1. The minimum Gasteiger partial charge on any atom is -0.282 e. The molecule has 0 fully saturated rings. The van der Waals surface area contributed by atoms with E-state index in [-0.39, 0.29) is 60.7 Å². The molecule has 0 aromatic heterocycles. The van der Waals surface area contributed by atoms with Gasteiger partial charge >= 0.3 is 0 Å². The van der Waals surface area contributed by atoms with Crippen molar-refractivity contribution in [3.8, 4) is 11.1 Å². The molecule has 0 saturated heterocycles. The maximum absolute atomic E-state index is 14.1. The molecule has 6 aromatic rings. The van der Waals surface area contributed by atoms with Gasteiger partial charge in [-0.3, -0.25) is 27.3 Å². The van der Waals surface area contributed by atoms with Gasteiger partial charge in [-0.05, 0) is 108 Å². The van der Waals surface area contributed by atoms with Crippen LogP contribution in [-0.4, -0.2) is 111 Å². The lowest BCUT2D eigenvalue weighted by molar-refractivity contribution is 0.470. The van der Waals surface area contributed by atoms with Crippen LogP contribution >= 0.6 is 0 Å². The van der Waals surface area contributed by atoms with Crippen LogP contribution in [0.4, 0.5) is 8.78 Å². The van der Waals surface area contributed by atoms with Gasteiger partial charge in [0, 0.05) is 0 Å². The summed E-state index contributed by atoms with van der Waals surface area (Å²) in [7, 11) is -56.5. The number of hydrogen-bond acceptors (Lipinski definition) is 20. The first-order valence-corrected chi connectivity index (χ1v) is 32.9. The van der Waals surface area contributed by atoms with E-state index in [0.717, 1.165) is 0 Å². The molecule has 398 valence electrons. The van der Waals surface area contributed by atoms with Crippen LogP contribution in [0.2, 0.25) is 0 Å². The molecule has 6 N–H and O–H groups in total. The Hall–Kier alpha value is -5.56. The Morgan fingerprint density at radius 2 is 0.432 bits per heavy atom. The van der Waals surface area contributed by atoms with Gasteiger partial charge in [-0.25, -0.2) is 42.5 Å². The van der Waals surface area contributed by atoms with E-state index in [0.29, 0.717) is 48.5 Å². The van der Waals surface area contributed by atoms with Crippen LogP contribution in [0.5, 0.6) is 0 Å². The SMILES string of the molecule is O=S(=O)(O)c1cc(S(=O)(=O)c2ccc(S(=O)(=O)c3ccc(-c4ccc(S(=O)(=O)c5ccc(S(=O)(=O)c6ccc(F)c(S(=O)(=O)O)c6)cc5S(=O)(=O)O)c(S(=O)(=O)O)c4)cc3S(=O)(=O)O)c(S(=O)(=O)O)c2)ccc1F. The molecule has 0 amide bonds. The summed E-state index contributed by atoms with van der Waals surface area (Å²) in [5.74, 6) is -3.30. The molecule has 0 saturated carbocycles. The zero-order valence-corrected chi connectivity index (χ0v) is 43.2. The van der Waals surface area contributed by atoms with E-state index in [1.807, 2.05) is 0 Å². The minimum absolute atomic E-state index is 0.0184. The predicted molar refractivity (Wildman–Crippen MR) is 238 cm³/mol. The average molecular weight is 1230 g/mol. The fraction of sp³-hybridized carbons (Fsp3) is 0. The van der Waals surface area contributed by atoms with Crippen LogP contribution in [0.15, 0.2) is 178 Å². The Labute approximate surface area is 417 Å². The highest BCUT2D eigenvalue weighted by Crippen LogP contribution is 2.39. The second kappa shape index (κ2) is 18.6. The third-order valence-electron chi connectivity index (χ3n) is 9.92. The molecule has 0 radical (unpaired) electrons. The predicted octanol–water partition coefficient (Wildman–Crippen LogP) is 2.44. The van der Waals surface area contributed by atoms with E-state index in [1.54, 1.807) is 0 Å². The lowest BCUT2D eigenvalue weighted by atomic mass is 10.1. The Balaban J connectivity index is 1.49. The number of hydrogen-bond donors (Lipinski definition) is 6. The lowest BCUT2D eigenvalue weighted by Crippen LogP contribution is -2.15. The van der Waals surface area contributed by atoms with Crippen molar-refractivity contribution < 1.29 is 120 Å². The highest BCUT2D eigenvalue weighted by molar-refractivity contribution is 7.95. The van der Waals surface area contributed by atoms with Crippen LogP contribution < -0.4 is 0 Å². The summed E-state index contributed by atoms with van der Waals surface area (Å²) in [6.45, 7) is 0. The van der Waals surface area contributed by atoms with E-state index < -0.39 is 191 Å². The molecule has 6 rings (SSSR count). The number of benzene rings is 6. The fourth-order valence-electron chi connectivity index (χ4n) is 6.59. The molecule has 26 nitrogen and oxygen atoms in total. The van der Waals surface area contributed by atoms with E-state index in [9.17, 15) is 120 Å². The topological polar surface area (TPSA) is 463 Å². The molecule has 0 aliphatic carbocycles. The number of sulfone groups is 4. The van der Waals surface area contributed by atoms with Crippen molar-refractivity contribution in [1.29, 1.82) is 0 Å². The molecular weight excluding hydrogens is 1210 g/mol. The summed E-state index contributed by atoms with van der Waals surface area (Å²) in [5, 5.41) is 0. The molecule has 6 aromatic carbocycles. The summed E-state index contributed by atoms with van der Waals surface area (Å²) < 4.78 is 345. The third-order valence-corrected chi connectivity index (χ3v) is 23.0. The Morgan fingerprint density at radius 1 is 0.230 bits per heavy atom. The van der Waals surface area contributed by atoms with Gasteiger partial charge in [0.05, 0.1) is 39.2 Å². The van der Waals surface area contributed by atoms with Crippen LogP contribution in [-0.2, 0) is 100 Å². The van der Waals surface area contributed by atoms with Gasteiger partial charge in [-0.1, -0.05) is 12.1 Å². The zero-order valence-electron chi connectivity index (χ0n) is 35.1. The maximum Gasteiger partial charge on any atom is 0.297 e. The first kappa shape index (κ1) is 57.7. The molecule has 0 aliphatic rings. The number of rotatable bonds is 15. The van der Waals surface area contributed by atoms with Gasteiger partial charge in [0.1, 0.15) is 41.0 Å². The first-order valence-electron chi connectivity index (χ1n) is 18.3. The second-order valence-electron chi connectivity index (χ2n) is 14.6. The van der Waals surface area contributed by atoms with Crippen molar-refractivity contribution in [3.05, 3.63) is 121 Å². The maximum atomic E-state index is 14.1. The second-order valence-corrected chi connectivity index (χ2v) is 30.6. The van der Waals surface area contributed by atoms with Crippen molar-refractivity contribution in [2.24, 2.45) is 0 Å². The molecular formula is C36H24F2O26S10. The van der Waals surface area contributed by atoms with Crippen LogP contribution in [0.3, 0.4) is 0 Å². The van der Waals surface area contributed by atoms with Crippen LogP contribution in [0.25, 0.3) is 11.1 Å². The molecule has 0 heterocycles. The highest BCUT2D eigenvalue weighted by Gasteiger charge is 2.37. The Morgan fingerprint density at radius 3 is 0.676 bits per heavy atom. The molecule has 0 unspecified atom stereocenters. The van der Waals surface area contributed by atoms with Gasteiger partial charge in [0.2, 0.25) is 39.3 Å². The van der Waals surface area contributed by atoms with Crippen LogP contribution in [0.1, 0.15) is 0 Å². The van der Waals surface area contributed by atoms with Gasteiger partial charge in [0.25, 0.3) is 60.7 Å². The molecule has 38 heteroatoms. The monoisotopic (exact) mass is 1230 g/mol. The van der Waals surface area contributed by atoms with Crippen molar-refractivity contribution >= 4 is 100 Å². The van der Waals surface area contributed by atoms with Gasteiger partial charge in [-0.15, -0.1) is 0 Å². The van der Waals surface area contributed by atoms with Crippen molar-refractivity contribution in [1.82, 2.24) is 0 Å². The summed E-state index contributed by atoms with van der Waals surface area (Å²) in [4.78, 5) is -21.4. The van der Waals surface area contributed by atoms with Crippen molar-refractivity contribution in [3.63, 3.8) is 0 Å². The minimum atomic E-state index is -5.91. The Kier molecular flexibility index (Phi) is 14.5. The third kappa shape index (κ3) is 11.1. The lowest BCUT2D eigenvalue weighted by Gasteiger charge is -2.16. The van der Waals surface area contributed by atoms with E-state index >= 15 is 0 Å². The summed E-state index contributed by atoms with van der Waals surface area (Å²) >= 11 is 0. The van der Waals surface area contributed by atoms with Crippen LogP contribution in [0, 0.1) is 11.6 Å². The van der Waals surface area contributed by atoms with E-state index in [4.69, 9.17) is 0 Å². The van der Waals surface area contributed by atoms with Gasteiger partial charge in [0.15, 0.2) is 0 Å². The highest BCUT2D eigenvalue weighted by atomic mass is 32.3. The van der Waals surface area contributed by atoms with Crippen molar-refractivity contribution in [2.45, 2.75) is 68.5 Å². The van der Waals surface area contributed by atoms with Gasteiger partial charge < -0.3 is 0 Å². The van der Waals surface area contributed by atoms with Crippen molar-refractivity contribution in [2.75, 3.05) is 0 Å². The summed E-state index contributed by atoms with van der Waals surface area (Å²) in [6.07, 6.45) is 0. The van der Waals surface area contributed by atoms with E-state index in [1.165, 1.54) is 0 Å². The molecule has 74 heavy (non-hydrogen) atoms. The molecule has 0 atom stereocenters. The average Bonchev–Trinajstić information content (AvgIpc) is 3.26. The Bertz CT molecular complexity index is 4360. The first-order chi connectivity index (χ1) is 33.3. The molecule has 0 bridgehead atoms.